The molecular weight excluding hydrogens is 248 g/mol. The van der Waals surface area contributed by atoms with Crippen molar-refractivity contribution in [3.8, 4) is 11.5 Å². The fourth-order valence-electron chi connectivity index (χ4n) is 1.34. The third-order valence-electron chi connectivity index (χ3n) is 2.16. The topological polar surface area (TPSA) is 79.8 Å². The lowest BCUT2D eigenvalue weighted by atomic mass is 10.2. The maximum atomic E-state index is 11.4. The number of phenols is 1. The van der Waals surface area contributed by atoms with Crippen molar-refractivity contribution < 1.29 is 19.4 Å². The van der Waals surface area contributed by atoms with Crippen LogP contribution in [0.25, 0.3) is 0 Å². The van der Waals surface area contributed by atoms with E-state index in [0.29, 0.717) is 11.3 Å². The highest BCUT2D eigenvalue weighted by Gasteiger charge is 2.15. The number of hydrogen-bond donors (Lipinski definition) is 3. The van der Waals surface area contributed by atoms with Gasteiger partial charge in [-0.25, -0.2) is 10.2 Å². The molecule has 3 N–H and O–H groups in total. The third kappa shape index (κ3) is 5.48. The molecule has 0 aliphatic heterocycles. The largest absolute Gasteiger partial charge is 0.507 e. The number of hydrazine groups is 1. The van der Waals surface area contributed by atoms with E-state index in [0.717, 1.165) is 0 Å². The van der Waals surface area contributed by atoms with E-state index >= 15 is 0 Å². The summed E-state index contributed by atoms with van der Waals surface area (Å²) in [5.41, 5.74) is 5.16. The van der Waals surface area contributed by atoms with Crippen LogP contribution in [0.1, 0.15) is 26.3 Å². The lowest BCUT2D eigenvalue weighted by Crippen LogP contribution is -2.40. The molecule has 1 amide bonds. The van der Waals surface area contributed by atoms with Gasteiger partial charge >= 0.3 is 6.09 Å². The van der Waals surface area contributed by atoms with Gasteiger partial charge in [-0.2, -0.15) is 0 Å². The summed E-state index contributed by atoms with van der Waals surface area (Å²) in [6, 6.07) is 4.94. The first kappa shape index (κ1) is 15.1. The average Bonchev–Trinajstić information content (AvgIpc) is 2.28. The molecule has 0 aliphatic carbocycles. The minimum Gasteiger partial charge on any atom is -0.507 e. The Labute approximate surface area is 112 Å². The molecule has 6 nitrogen and oxygen atoms in total. The van der Waals surface area contributed by atoms with Crippen LogP contribution in [0.2, 0.25) is 0 Å². The van der Waals surface area contributed by atoms with Gasteiger partial charge in [0.25, 0.3) is 0 Å². The van der Waals surface area contributed by atoms with E-state index in [1.165, 1.54) is 13.2 Å². The molecule has 0 bridgehead atoms. The number of methoxy groups -OCH3 is 1. The van der Waals surface area contributed by atoms with E-state index in [-0.39, 0.29) is 12.3 Å². The number of aromatic hydroxyl groups is 1. The molecule has 0 unspecified atom stereocenters. The minimum absolute atomic E-state index is 0.0952. The average molecular weight is 268 g/mol. The summed E-state index contributed by atoms with van der Waals surface area (Å²) >= 11 is 0. The van der Waals surface area contributed by atoms with E-state index < -0.39 is 11.7 Å². The second-order valence-corrected chi connectivity index (χ2v) is 4.98. The summed E-state index contributed by atoms with van der Waals surface area (Å²) in [7, 11) is 1.52. The molecule has 0 aliphatic rings. The first-order valence-corrected chi connectivity index (χ1v) is 5.89. The van der Waals surface area contributed by atoms with Crippen molar-refractivity contribution in [1.29, 1.82) is 0 Å². The third-order valence-corrected chi connectivity index (χ3v) is 2.16. The zero-order chi connectivity index (χ0) is 14.5. The van der Waals surface area contributed by atoms with Crippen LogP contribution in [0.15, 0.2) is 18.2 Å². The molecule has 6 heteroatoms. The zero-order valence-electron chi connectivity index (χ0n) is 11.6. The van der Waals surface area contributed by atoms with Gasteiger partial charge in [-0.15, -0.1) is 0 Å². The summed E-state index contributed by atoms with van der Waals surface area (Å²) in [5, 5.41) is 9.71. The molecule has 0 heterocycles. The van der Waals surface area contributed by atoms with Gasteiger partial charge < -0.3 is 14.6 Å². The molecular formula is C13H20N2O4. The number of carbonyl (C=O) groups excluding carboxylic acids is 1. The fraction of sp³-hybridized carbons (Fsp3) is 0.462. The van der Waals surface area contributed by atoms with E-state index in [4.69, 9.17) is 9.47 Å². The molecule has 0 spiro atoms. The first-order valence-electron chi connectivity index (χ1n) is 5.89. The van der Waals surface area contributed by atoms with Gasteiger partial charge in [-0.1, -0.05) is 6.07 Å². The number of ether oxygens (including phenoxy) is 2. The monoisotopic (exact) mass is 268 g/mol. The number of phenolic OH excluding ortho intramolecular Hbond substituents is 1. The summed E-state index contributed by atoms with van der Waals surface area (Å²) in [4.78, 5) is 11.4. The van der Waals surface area contributed by atoms with Gasteiger partial charge in [-0.3, -0.25) is 5.43 Å². The predicted octanol–water partition coefficient (Wildman–Crippen LogP) is 1.93. The zero-order valence-corrected chi connectivity index (χ0v) is 11.6. The number of hydrogen-bond acceptors (Lipinski definition) is 5. The molecule has 106 valence electrons. The van der Waals surface area contributed by atoms with Crippen LogP contribution in [-0.2, 0) is 11.3 Å². The standard InChI is InChI=1S/C13H20N2O4/c1-13(2,3)19-12(17)15-14-8-9-5-6-10(18-4)7-11(9)16/h5-7,14,16H,8H2,1-4H3,(H,15,17). The SMILES string of the molecule is COc1ccc(CNNC(=O)OC(C)(C)C)c(O)c1. The maximum Gasteiger partial charge on any atom is 0.422 e. The molecule has 0 atom stereocenters. The smallest absolute Gasteiger partial charge is 0.422 e. The molecule has 0 aromatic heterocycles. The van der Waals surface area contributed by atoms with E-state index in [1.807, 2.05) is 0 Å². The summed E-state index contributed by atoms with van der Waals surface area (Å²) < 4.78 is 10.0. The molecule has 0 fully saturated rings. The van der Waals surface area contributed by atoms with Gasteiger partial charge in [0.05, 0.1) is 7.11 Å². The summed E-state index contributed by atoms with van der Waals surface area (Å²) in [6.07, 6.45) is -0.569. The molecule has 1 rings (SSSR count). The molecule has 1 aromatic carbocycles. The fourth-order valence-corrected chi connectivity index (χ4v) is 1.34. The Balaban J connectivity index is 2.43. The lowest BCUT2D eigenvalue weighted by molar-refractivity contribution is 0.0496. The number of nitrogens with one attached hydrogen (secondary N) is 2. The number of benzene rings is 1. The van der Waals surface area contributed by atoms with E-state index in [9.17, 15) is 9.90 Å². The van der Waals surface area contributed by atoms with Crippen LogP contribution in [-0.4, -0.2) is 23.9 Å². The maximum absolute atomic E-state index is 11.4. The highest BCUT2D eigenvalue weighted by Crippen LogP contribution is 2.22. The van der Waals surface area contributed by atoms with Crippen molar-refractivity contribution in [2.75, 3.05) is 7.11 Å². The summed E-state index contributed by atoms with van der Waals surface area (Å²) in [5.74, 6) is 0.666. The molecule has 19 heavy (non-hydrogen) atoms. The molecule has 0 saturated heterocycles. The van der Waals surface area contributed by atoms with Crippen molar-refractivity contribution in [1.82, 2.24) is 10.9 Å². The Morgan fingerprint density at radius 1 is 1.37 bits per heavy atom. The van der Waals surface area contributed by atoms with Crippen molar-refractivity contribution >= 4 is 6.09 Å². The number of rotatable bonds is 4. The van der Waals surface area contributed by atoms with E-state index in [1.54, 1.807) is 32.9 Å². The lowest BCUT2D eigenvalue weighted by Gasteiger charge is -2.19. The Morgan fingerprint density at radius 3 is 2.58 bits per heavy atom. The van der Waals surface area contributed by atoms with Crippen LogP contribution in [0.3, 0.4) is 0 Å². The molecule has 0 radical (unpaired) electrons. The Hall–Kier alpha value is -1.95. The van der Waals surface area contributed by atoms with Crippen molar-refractivity contribution in [2.45, 2.75) is 32.9 Å². The van der Waals surface area contributed by atoms with Crippen LogP contribution in [0, 0.1) is 0 Å². The Kier molecular flexibility index (Phi) is 5.00. The predicted molar refractivity (Wildman–Crippen MR) is 70.9 cm³/mol. The van der Waals surface area contributed by atoms with Crippen molar-refractivity contribution in [3.63, 3.8) is 0 Å². The summed E-state index contributed by atoms with van der Waals surface area (Å²) in [6.45, 7) is 5.61. The van der Waals surface area contributed by atoms with Gasteiger partial charge in [0.2, 0.25) is 0 Å². The highest BCUT2D eigenvalue weighted by atomic mass is 16.6. The second-order valence-electron chi connectivity index (χ2n) is 4.98. The van der Waals surface area contributed by atoms with Crippen LogP contribution in [0.4, 0.5) is 4.79 Å². The Bertz CT molecular complexity index is 441. The normalized spacial score (nSPS) is 10.9. The van der Waals surface area contributed by atoms with Crippen molar-refractivity contribution in [3.05, 3.63) is 23.8 Å². The van der Waals surface area contributed by atoms with Crippen LogP contribution in [0.5, 0.6) is 11.5 Å². The van der Waals surface area contributed by atoms with Crippen LogP contribution < -0.4 is 15.6 Å². The highest BCUT2D eigenvalue weighted by molar-refractivity contribution is 5.67. The molecule has 0 saturated carbocycles. The van der Waals surface area contributed by atoms with Gasteiger partial charge in [0.15, 0.2) is 0 Å². The van der Waals surface area contributed by atoms with Crippen LogP contribution >= 0.6 is 0 Å². The minimum atomic E-state index is -0.569. The first-order chi connectivity index (χ1) is 8.81. The number of amides is 1. The quantitative estimate of drug-likeness (QED) is 0.727. The van der Waals surface area contributed by atoms with E-state index in [2.05, 4.69) is 10.9 Å². The molecule has 1 aromatic rings. The van der Waals surface area contributed by atoms with Gasteiger partial charge in [-0.05, 0) is 26.8 Å². The Morgan fingerprint density at radius 2 is 2.05 bits per heavy atom. The van der Waals surface area contributed by atoms with Crippen molar-refractivity contribution in [2.24, 2.45) is 0 Å². The second kappa shape index (κ2) is 6.29. The number of carbonyl (C=O) groups is 1. The van der Waals surface area contributed by atoms with Gasteiger partial charge in [0, 0.05) is 18.2 Å². The van der Waals surface area contributed by atoms with Gasteiger partial charge in [0.1, 0.15) is 17.1 Å².